The van der Waals surface area contributed by atoms with Crippen LogP contribution in [-0.4, -0.2) is 169 Å². The average Bonchev–Trinajstić information content (AvgIpc) is 3.87. The van der Waals surface area contributed by atoms with Crippen molar-refractivity contribution >= 4 is 0 Å². The molecule has 22 nitrogen and oxygen atoms in total. The molecule has 0 amide bonds. The van der Waals surface area contributed by atoms with Crippen LogP contribution in [0.25, 0.3) is 11.4 Å². The number of hydrogen-bond acceptors (Lipinski definition) is 20. The van der Waals surface area contributed by atoms with Crippen LogP contribution in [0.4, 0.5) is 0 Å². The first kappa shape index (κ1) is 41.6. The van der Waals surface area contributed by atoms with Crippen LogP contribution in [0.15, 0.2) is 49.1 Å². The van der Waals surface area contributed by atoms with Crippen LogP contribution in [0.3, 0.4) is 0 Å². The Labute approximate surface area is 319 Å². The third-order valence-corrected chi connectivity index (χ3v) is 9.21. The fourth-order valence-electron chi connectivity index (χ4n) is 6.03. The van der Waals surface area contributed by atoms with Gasteiger partial charge < -0.3 is 69.3 Å². The molecule has 6 rings (SSSR count). The predicted molar refractivity (Wildman–Crippen MR) is 184 cm³/mol. The predicted octanol–water partition coefficient (Wildman–Crippen LogP) is -3.61. The largest absolute Gasteiger partial charge is 0.394 e. The lowest BCUT2D eigenvalue weighted by atomic mass is 9.99. The Balaban J connectivity index is 0.937. The number of hydrogen-bond donors (Lipinski definition) is 8. The minimum atomic E-state index is -1.53. The molecule has 2 saturated heterocycles. The van der Waals surface area contributed by atoms with Gasteiger partial charge in [-0.2, -0.15) is 0 Å². The Morgan fingerprint density at radius 3 is 1.41 bits per heavy atom. The van der Waals surface area contributed by atoms with Crippen molar-refractivity contribution in [1.82, 2.24) is 40.0 Å². The van der Waals surface area contributed by atoms with Crippen molar-refractivity contribution in [1.29, 1.82) is 0 Å². The number of nitrogens with zero attached hydrogens (tertiary/aromatic N) is 8. The van der Waals surface area contributed by atoms with Gasteiger partial charge in [-0.25, -0.2) is 9.36 Å². The lowest BCUT2D eigenvalue weighted by Crippen LogP contribution is -2.59. The minimum absolute atomic E-state index is 0.0262. The molecule has 0 unspecified atom stereocenters. The summed E-state index contributed by atoms with van der Waals surface area (Å²) in [7, 11) is 0. The standard InChI is InChI=1S/C34H46N8O14/c43-13-25-27(45)29(47)31(49)33(55-25)53-7-5-41-21(11-37-39-41)17-51-15-19-1-3-35-23(9-19)24-10-20(2-4-36-24)16-52-18-22-12-38-40-42(22)6-8-54-34-32(50)30(48)28(46)26(14-44)56-34/h1-4,9-12,25-34,43-50H,5-8,13-18H2/t25-,26-,27+,28+,29+,30+,31-,32-,33-,34-/m1/s1. The molecule has 0 radical (unpaired) electrons. The molecular weight excluding hydrogens is 744 g/mol. The Hall–Kier alpha value is -3.98. The zero-order valence-electron chi connectivity index (χ0n) is 30.1. The first-order valence-electron chi connectivity index (χ1n) is 17.8. The average molecular weight is 791 g/mol. The number of aromatic nitrogens is 8. The maximum atomic E-state index is 10.2. The topological polar surface area (TPSA) is 304 Å². The van der Waals surface area contributed by atoms with Crippen molar-refractivity contribution in [3.63, 3.8) is 0 Å². The van der Waals surface area contributed by atoms with E-state index in [1.807, 2.05) is 24.3 Å². The van der Waals surface area contributed by atoms with E-state index in [1.54, 1.807) is 34.2 Å². The fraction of sp³-hybridized carbons (Fsp3) is 0.588. The van der Waals surface area contributed by atoms with Crippen molar-refractivity contribution in [3.8, 4) is 11.4 Å². The van der Waals surface area contributed by atoms with Crippen molar-refractivity contribution in [2.45, 2.75) is 101 Å². The second-order valence-corrected chi connectivity index (χ2v) is 13.1. The zero-order chi connectivity index (χ0) is 39.6. The Kier molecular flexibility index (Phi) is 14.8. The van der Waals surface area contributed by atoms with Gasteiger partial charge in [0.1, 0.15) is 48.8 Å². The smallest absolute Gasteiger partial charge is 0.186 e. The van der Waals surface area contributed by atoms with Gasteiger partial charge in [0.25, 0.3) is 0 Å². The van der Waals surface area contributed by atoms with Crippen molar-refractivity contribution in [2.24, 2.45) is 0 Å². The second kappa shape index (κ2) is 19.9. The van der Waals surface area contributed by atoms with Crippen LogP contribution in [0.2, 0.25) is 0 Å². The van der Waals surface area contributed by atoms with Gasteiger partial charge in [-0.1, -0.05) is 10.4 Å². The van der Waals surface area contributed by atoms with Crippen LogP contribution < -0.4 is 0 Å². The normalized spacial score (nSPS) is 28.1. The van der Waals surface area contributed by atoms with E-state index >= 15 is 0 Å². The van der Waals surface area contributed by atoms with E-state index in [4.69, 9.17) is 28.4 Å². The summed E-state index contributed by atoms with van der Waals surface area (Å²) in [4.78, 5) is 8.94. The van der Waals surface area contributed by atoms with E-state index in [0.29, 0.717) is 22.8 Å². The molecule has 0 aliphatic carbocycles. The number of aliphatic hydroxyl groups is 8. The summed E-state index contributed by atoms with van der Waals surface area (Å²) in [5.74, 6) is 0. The van der Waals surface area contributed by atoms with E-state index in [2.05, 4.69) is 30.6 Å². The van der Waals surface area contributed by atoms with Gasteiger partial charge in [0.05, 0.1) is 101 Å². The monoisotopic (exact) mass is 790 g/mol. The van der Waals surface area contributed by atoms with E-state index in [9.17, 15) is 40.9 Å². The highest BCUT2D eigenvalue weighted by atomic mass is 16.7. The molecule has 56 heavy (non-hydrogen) atoms. The van der Waals surface area contributed by atoms with Gasteiger partial charge in [-0.05, 0) is 35.4 Å². The molecule has 0 saturated carbocycles. The molecule has 0 spiro atoms. The van der Waals surface area contributed by atoms with Gasteiger partial charge in [0.2, 0.25) is 0 Å². The van der Waals surface area contributed by atoms with Crippen LogP contribution in [0.1, 0.15) is 22.5 Å². The summed E-state index contributed by atoms with van der Waals surface area (Å²) >= 11 is 0. The van der Waals surface area contributed by atoms with Gasteiger partial charge in [-0.3, -0.25) is 9.97 Å². The third kappa shape index (κ3) is 10.3. The van der Waals surface area contributed by atoms with Crippen LogP contribution >= 0.6 is 0 Å². The van der Waals surface area contributed by atoms with Crippen molar-refractivity contribution < 1.29 is 69.3 Å². The van der Waals surface area contributed by atoms with E-state index in [0.717, 1.165) is 11.1 Å². The molecule has 10 atom stereocenters. The van der Waals surface area contributed by atoms with E-state index < -0.39 is 74.6 Å². The Bertz CT molecular complexity index is 1670. The number of rotatable bonds is 19. The molecule has 8 N–H and O–H groups in total. The molecule has 0 aromatic carbocycles. The van der Waals surface area contributed by atoms with Crippen molar-refractivity contribution in [3.05, 3.63) is 71.6 Å². The highest BCUT2D eigenvalue weighted by molar-refractivity contribution is 5.55. The summed E-state index contributed by atoms with van der Waals surface area (Å²) in [6.45, 7) is 0.248. The molecule has 306 valence electrons. The summed E-state index contributed by atoms with van der Waals surface area (Å²) in [6.07, 6.45) is -7.21. The molecular formula is C34H46N8O14. The van der Waals surface area contributed by atoms with E-state index in [-0.39, 0.29) is 52.7 Å². The summed E-state index contributed by atoms with van der Waals surface area (Å²) in [6, 6.07) is 7.39. The fourth-order valence-corrected chi connectivity index (χ4v) is 6.03. The number of pyridine rings is 2. The van der Waals surface area contributed by atoms with Gasteiger partial charge in [0, 0.05) is 12.4 Å². The maximum Gasteiger partial charge on any atom is 0.186 e. The molecule has 2 aliphatic rings. The third-order valence-electron chi connectivity index (χ3n) is 9.21. The van der Waals surface area contributed by atoms with Gasteiger partial charge >= 0.3 is 0 Å². The first-order valence-corrected chi connectivity index (χ1v) is 17.8. The van der Waals surface area contributed by atoms with Crippen LogP contribution in [0.5, 0.6) is 0 Å². The molecule has 2 aliphatic heterocycles. The quantitative estimate of drug-likeness (QED) is 0.0455. The molecule has 22 heteroatoms. The zero-order valence-corrected chi connectivity index (χ0v) is 30.1. The summed E-state index contributed by atoms with van der Waals surface area (Å²) in [5.41, 5.74) is 4.27. The number of ether oxygens (including phenoxy) is 6. The van der Waals surface area contributed by atoms with Gasteiger partial charge in [0.15, 0.2) is 12.6 Å². The first-order chi connectivity index (χ1) is 27.2. The van der Waals surface area contributed by atoms with Gasteiger partial charge in [-0.15, -0.1) is 10.2 Å². The van der Waals surface area contributed by atoms with E-state index in [1.165, 1.54) is 0 Å². The second-order valence-electron chi connectivity index (χ2n) is 13.1. The lowest BCUT2D eigenvalue weighted by molar-refractivity contribution is -0.301. The SMILES string of the molecule is OC[C@H]1O[C@@H](OCCn2nncc2COCc2ccnc(-c3cc(COCc4cnnn4CCO[C@@H]4O[C@H](CO)[C@H](O)[C@H](O)[C@H]4O)ccn3)c2)[C@H](O)[C@@H](O)[C@H]1O. The molecule has 6 heterocycles. The van der Waals surface area contributed by atoms with Crippen LogP contribution in [-0.2, 0) is 67.9 Å². The number of aliphatic hydroxyl groups excluding tert-OH is 8. The molecule has 4 aromatic heterocycles. The summed E-state index contributed by atoms with van der Waals surface area (Å²) < 4.78 is 36.8. The Morgan fingerprint density at radius 1 is 0.571 bits per heavy atom. The highest BCUT2D eigenvalue weighted by Gasteiger charge is 2.45. The summed E-state index contributed by atoms with van der Waals surface area (Å²) in [5, 5.41) is 94.9. The molecule has 4 aromatic rings. The van der Waals surface area contributed by atoms with Crippen molar-refractivity contribution in [2.75, 3.05) is 26.4 Å². The van der Waals surface area contributed by atoms with Crippen LogP contribution in [0, 0.1) is 0 Å². The highest BCUT2D eigenvalue weighted by Crippen LogP contribution is 2.24. The molecule has 0 bridgehead atoms. The maximum absolute atomic E-state index is 10.2. The lowest BCUT2D eigenvalue weighted by Gasteiger charge is -2.39. The molecule has 2 fully saturated rings. The minimum Gasteiger partial charge on any atom is -0.394 e. The Morgan fingerprint density at radius 2 is 1.00 bits per heavy atom.